The lowest BCUT2D eigenvalue weighted by atomic mass is 10.1. The van der Waals surface area contributed by atoms with E-state index in [0.717, 1.165) is 33.4 Å². The van der Waals surface area contributed by atoms with Crippen LogP contribution >= 0.6 is 0 Å². The van der Waals surface area contributed by atoms with Crippen LogP contribution in [0.25, 0.3) is 10.9 Å². The van der Waals surface area contributed by atoms with Crippen LogP contribution in [0.4, 0.5) is 5.69 Å². The van der Waals surface area contributed by atoms with Crippen LogP contribution < -0.4 is 5.32 Å². The average Bonchev–Trinajstić information content (AvgIpc) is 2.83. The summed E-state index contributed by atoms with van der Waals surface area (Å²) in [6.07, 6.45) is 0. The Labute approximate surface area is 136 Å². The molecule has 3 rings (SSSR count). The third-order valence-corrected chi connectivity index (χ3v) is 4.03. The van der Waals surface area contributed by atoms with Crippen molar-refractivity contribution in [3.8, 4) is 0 Å². The first kappa shape index (κ1) is 15.3. The number of aromatic nitrogens is 2. The van der Waals surface area contributed by atoms with Crippen molar-refractivity contribution in [3.63, 3.8) is 0 Å². The Morgan fingerprint density at radius 1 is 1.09 bits per heavy atom. The van der Waals surface area contributed by atoms with Crippen molar-refractivity contribution < 1.29 is 4.79 Å². The van der Waals surface area contributed by atoms with Gasteiger partial charge in [-0.15, -0.1) is 0 Å². The van der Waals surface area contributed by atoms with Crippen LogP contribution in [0.2, 0.25) is 0 Å². The number of nitrogens with one attached hydrogen (secondary N) is 1. The number of hydrogen-bond donors (Lipinski definition) is 1. The summed E-state index contributed by atoms with van der Waals surface area (Å²) >= 11 is 0. The first-order valence-electron chi connectivity index (χ1n) is 7.78. The molecule has 0 unspecified atom stereocenters. The molecule has 4 nitrogen and oxygen atoms in total. The van der Waals surface area contributed by atoms with E-state index in [1.807, 2.05) is 64.1 Å². The molecule has 3 aromatic rings. The van der Waals surface area contributed by atoms with Gasteiger partial charge in [-0.05, 0) is 57.0 Å². The molecule has 0 saturated carbocycles. The second-order valence-corrected chi connectivity index (χ2v) is 6.09. The Morgan fingerprint density at radius 2 is 1.74 bits per heavy atom. The van der Waals surface area contributed by atoms with Crippen molar-refractivity contribution in [1.29, 1.82) is 0 Å². The molecule has 0 fully saturated rings. The Morgan fingerprint density at radius 3 is 2.43 bits per heavy atom. The molecule has 1 amide bonds. The third kappa shape index (κ3) is 2.97. The molecular formula is C19H21N3O. The molecule has 4 heteroatoms. The normalized spacial score (nSPS) is 12.3. The number of carbonyl (C=O) groups is 1. The predicted molar refractivity (Wildman–Crippen MR) is 93.7 cm³/mol. The highest BCUT2D eigenvalue weighted by Crippen LogP contribution is 2.22. The van der Waals surface area contributed by atoms with Crippen LogP contribution in [0.15, 0.2) is 42.5 Å². The van der Waals surface area contributed by atoms with Crippen molar-refractivity contribution in [1.82, 2.24) is 9.78 Å². The van der Waals surface area contributed by atoms with E-state index in [-0.39, 0.29) is 11.9 Å². The van der Waals surface area contributed by atoms with Gasteiger partial charge >= 0.3 is 0 Å². The van der Waals surface area contributed by atoms with Crippen LogP contribution in [0.5, 0.6) is 0 Å². The van der Waals surface area contributed by atoms with Gasteiger partial charge in [-0.2, -0.15) is 5.10 Å². The van der Waals surface area contributed by atoms with Crippen LogP contribution in [-0.4, -0.2) is 15.7 Å². The number of benzene rings is 2. The fourth-order valence-electron chi connectivity index (χ4n) is 2.95. The Bertz CT molecular complexity index is 859. The molecule has 23 heavy (non-hydrogen) atoms. The fraction of sp³-hybridized carbons (Fsp3) is 0.263. The highest BCUT2D eigenvalue weighted by molar-refractivity contribution is 5.95. The van der Waals surface area contributed by atoms with Gasteiger partial charge in [-0.25, -0.2) is 0 Å². The lowest BCUT2D eigenvalue weighted by molar-refractivity contribution is -0.118. The minimum atomic E-state index is -0.380. The minimum absolute atomic E-state index is 0.0664. The molecular weight excluding hydrogens is 286 g/mol. The van der Waals surface area contributed by atoms with Crippen LogP contribution in [0, 0.1) is 20.8 Å². The minimum Gasteiger partial charge on any atom is -0.324 e. The summed E-state index contributed by atoms with van der Waals surface area (Å²) in [5.74, 6) is -0.0664. The summed E-state index contributed by atoms with van der Waals surface area (Å²) in [6.45, 7) is 7.89. The number of amides is 1. The van der Waals surface area contributed by atoms with Gasteiger partial charge in [0.1, 0.15) is 6.04 Å². The molecule has 0 saturated heterocycles. The maximum absolute atomic E-state index is 12.6. The van der Waals surface area contributed by atoms with Gasteiger partial charge in [0.15, 0.2) is 0 Å². The fourth-order valence-corrected chi connectivity index (χ4v) is 2.95. The van der Waals surface area contributed by atoms with Crippen LogP contribution in [-0.2, 0) is 4.79 Å². The van der Waals surface area contributed by atoms with E-state index in [4.69, 9.17) is 0 Å². The number of para-hydroxylation sites is 1. The zero-order chi connectivity index (χ0) is 16.6. The Hall–Kier alpha value is -2.62. The number of aryl methyl sites for hydroxylation is 3. The number of fused-ring (bicyclic) bond motifs is 1. The highest BCUT2D eigenvalue weighted by Gasteiger charge is 2.19. The highest BCUT2D eigenvalue weighted by atomic mass is 16.2. The van der Waals surface area contributed by atoms with Gasteiger partial charge in [0.25, 0.3) is 0 Å². The van der Waals surface area contributed by atoms with Crippen LogP contribution in [0.1, 0.15) is 29.8 Å². The number of carbonyl (C=O) groups excluding carboxylic acids is 1. The first-order chi connectivity index (χ1) is 11.0. The zero-order valence-electron chi connectivity index (χ0n) is 13.9. The molecule has 0 radical (unpaired) electrons. The van der Waals surface area contributed by atoms with Crippen molar-refractivity contribution in [2.75, 3.05) is 5.32 Å². The average molecular weight is 307 g/mol. The van der Waals surface area contributed by atoms with Gasteiger partial charge in [0.2, 0.25) is 5.91 Å². The second-order valence-electron chi connectivity index (χ2n) is 6.09. The molecule has 0 aliphatic heterocycles. The van der Waals surface area contributed by atoms with E-state index in [0.29, 0.717) is 0 Å². The van der Waals surface area contributed by atoms with Crippen molar-refractivity contribution in [2.45, 2.75) is 33.7 Å². The molecule has 1 atom stereocenters. The SMILES string of the molecule is Cc1cc(C)cc(NC(=O)[C@H](C)n2nc(C)c3ccccc32)c1. The summed E-state index contributed by atoms with van der Waals surface area (Å²) in [6, 6.07) is 13.6. The molecule has 0 aliphatic rings. The largest absolute Gasteiger partial charge is 0.324 e. The monoisotopic (exact) mass is 307 g/mol. The standard InChI is InChI=1S/C19H21N3O/c1-12-9-13(2)11-16(10-12)20-19(23)15(4)22-18-8-6-5-7-17(18)14(3)21-22/h5-11,15H,1-4H3,(H,20,23)/t15-/m0/s1. The van der Waals surface area contributed by atoms with E-state index in [1.54, 1.807) is 4.68 Å². The first-order valence-corrected chi connectivity index (χ1v) is 7.78. The summed E-state index contributed by atoms with van der Waals surface area (Å²) in [5.41, 5.74) is 5.01. The molecule has 118 valence electrons. The third-order valence-electron chi connectivity index (χ3n) is 4.03. The van der Waals surface area contributed by atoms with Crippen molar-refractivity contribution in [2.24, 2.45) is 0 Å². The molecule has 1 N–H and O–H groups in total. The second kappa shape index (κ2) is 5.88. The summed E-state index contributed by atoms with van der Waals surface area (Å²) in [7, 11) is 0. The van der Waals surface area contributed by atoms with Gasteiger partial charge in [0.05, 0.1) is 11.2 Å². The molecule has 0 aliphatic carbocycles. The van der Waals surface area contributed by atoms with E-state index >= 15 is 0 Å². The maximum Gasteiger partial charge on any atom is 0.248 e. The topological polar surface area (TPSA) is 46.9 Å². The molecule has 2 aromatic carbocycles. The zero-order valence-corrected chi connectivity index (χ0v) is 13.9. The van der Waals surface area contributed by atoms with Crippen LogP contribution in [0.3, 0.4) is 0 Å². The number of rotatable bonds is 3. The number of hydrogen-bond acceptors (Lipinski definition) is 2. The summed E-state index contributed by atoms with van der Waals surface area (Å²) in [5, 5.41) is 8.62. The molecule has 0 spiro atoms. The smallest absolute Gasteiger partial charge is 0.248 e. The maximum atomic E-state index is 12.6. The molecule has 1 aromatic heterocycles. The van der Waals surface area contributed by atoms with E-state index < -0.39 is 0 Å². The number of nitrogens with zero attached hydrogens (tertiary/aromatic N) is 2. The van der Waals surface area contributed by atoms with Gasteiger partial charge in [-0.1, -0.05) is 24.3 Å². The molecule has 1 heterocycles. The number of anilines is 1. The van der Waals surface area contributed by atoms with Crippen molar-refractivity contribution >= 4 is 22.5 Å². The summed E-state index contributed by atoms with van der Waals surface area (Å²) in [4.78, 5) is 12.6. The van der Waals surface area contributed by atoms with E-state index in [2.05, 4.69) is 16.5 Å². The van der Waals surface area contributed by atoms with Gasteiger partial charge < -0.3 is 5.32 Å². The van der Waals surface area contributed by atoms with E-state index in [9.17, 15) is 4.79 Å². The predicted octanol–water partition coefficient (Wildman–Crippen LogP) is 4.16. The Balaban J connectivity index is 1.89. The van der Waals surface area contributed by atoms with Gasteiger partial charge in [-0.3, -0.25) is 9.48 Å². The quantitative estimate of drug-likeness (QED) is 0.789. The summed E-state index contributed by atoms with van der Waals surface area (Å²) < 4.78 is 1.79. The lowest BCUT2D eigenvalue weighted by Gasteiger charge is -2.14. The Kier molecular flexibility index (Phi) is 3.90. The molecule has 0 bridgehead atoms. The van der Waals surface area contributed by atoms with Crippen molar-refractivity contribution in [3.05, 3.63) is 59.3 Å². The van der Waals surface area contributed by atoms with E-state index in [1.165, 1.54) is 0 Å². The van der Waals surface area contributed by atoms with Gasteiger partial charge in [0, 0.05) is 11.1 Å². The lowest BCUT2D eigenvalue weighted by Crippen LogP contribution is -2.24.